The summed E-state index contributed by atoms with van der Waals surface area (Å²) in [4.78, 5) is 22.4. The van der Waals surface area contributed by atoms with Gasteiger partial charge in [0.05, 0.1) is 6.10 Å². The Morgan fingerprint density at radius 1 is 1.31 bits per heavy atom. The van der Waals surface area contributed by atoms with E-state index in [4.69, 9.17) is 5.11 Å². The number of carboxylic acids is 1. The molecule has 0 bridgehead atoms. The number of carbonyl (C=O) groups is 2. The van der Waals surface area contributed by atoms with Crippen LogP contribution in [-0.4, -0.2) is 32.0 Å². The van der Waals surface area contributed by atoms with Crippen LogP contribution in [0.15, 0.2) is 0 Å². The molecule has 0 aromatic carbocycles. The lowest BCUT2D eigenvalue weighted by atomic mass is 9.74. The van der Waals surface area contributed by atoms with Gasteiger partial charge in [0.15, 0.2) is 0 Å². The molecule has 0 aliphatic heterocycles. The van der Waals surface area contributed by atoms with Crippen molar-refractivity contribution in [2.24, 2.45) is 5.41 Å². The average molecular weight is 340 g/mol. The molecule has 5 heteroatoms. The zero-order valence-electron chi connectivity index (χ0n) is 9.28. The van der Waals surface area contributed by atoms with Crippen molar-refractivity contribution in [1.29, 1.82) is 0 Å². The summed E-state index contributed by atoms with van der Waals surface area (Å²) < 4.78 is 0.304. The molecule has 0 amide bonds. The van der Waals surface area contributed by atoms with E-state index in [1.165, 1.54) is 0 Å². The summed E-state index contributed by atoms with van der Waals surface area (Å²) in [6.45, 7) is 1.66. The van der Waals surface area contributed by atoms with E-state index in [2.05, 4.69) is 22.6 Å². The first-order valence-electron chi connectivity index (χ1n) is 5.45. The second-order valence-corrected chi connectivity index (χ2v) is 6.55. The van der Waals surface area contributed by atoms with Crippen LogP contribution in [0.25, 0.3) is 0 Å². The molecular weight excluding hydrogens is 323 g/mol. The smallest absolute Gasteiger partial charge is 0.372 e. The largest absolute Gasteiger partial charge is 0.475 e. The lowest BCUT2D eigenvalue weighted by Gasteiger charge is -2.33. The highest BCUT2D eigenvalue weighted by molar-refractivity contribution is 14.1. The van der Waals surface area contributed by atoms with Gasteiger partial charge in [-0.25, -0.2) is 4.79 Å². The van der Waals surface area contributed by atoms with Gasteiger partial charge < -0.3 is 10.2 Å². The predicted octanol–water partition coefficient (Wildman–Crippen LogP) is 1.77. The Bertz CT molecular complexity index is 278. The molecule has 4 nitrogen and oxygen atoms in total. The molecule has 0 heterocycles. The van der Waals surface area contributed by atoms with Gasteiger partial charge in [-0.2, -0.15) is 0 Å². The van der Waals surface area contributed by atoms with Crippen molar-refractivity contribution < 1.29 is 19.8 Å². The van der Waals surface area contributed by atoms with Crippen molar-refractivity contribution in [3.63, 3.8) is 0 Å². The van der Waals surface area contributed by atoms with Crippen molar-refractivity contribution >= 4 is 34.3 Å². The Labute approximate surface area is 109 Å². The molecule has 3 atom stereocenters. The average Bonchev–Trinajstić information content (AvgIpc) is 2.13. The maximum atomic E-state index is 11.7. The number of ketones is 1. The third-order valence-electron chi connectivity index (χ3n) is 3.16. The van der Waals surface area contributed by atoms with Crippen LogP contribution >= 0.6 is 22.6 Å². The molecule has 1 aliphatic carbocycles. The predicted molar refractivity (Wildman–Crippen MR) is 67.6 cm³/mol. The molecule has 1 fully saturated rings. The van der Waals surface area contributed by atoms with E-state index < -0.39 is 23.3 Å². The summed E-state index contributed by atoms with van der Waals surface area (Å²) in [6.07, 6.45) is 2.76. The van der Waals surface area contributed by atoms with Crippen molar-refractivity contribution in [3.05, 3.63) is 0 Å². The maximum absolute atomic E-state index is 11.7. The molecule has 16 heavy (non-hydrogen) atoms. The van der Waals surface area contributed by atoms with Crippen LogP contribution in [0, 0.1) is 5.41 Å². The molecule has 0 aromatic rings. The monoisotopic (exact) mass is 340 g/mol. The quantitative estimate of drug-likeness (QED) is 0.457. The van der Waals surface area contributed by atoms with E-state index in [-0.39, 0.29) is 6.42 Å². The van der Waals surface area contributed by atoms with Crippen LogP contribution in [0.1, 0.15) is 39.0 Å². The number of aliphatic hydroxyl groups is 1. The number of Topliss-reactive ketones (excluding diaryl/α,β-unsaturated/α-hetero) is 1. The third kappa shape index (κ3) is 3.41. The topological polar surface area (TPSA) is 74.6 Å². The van der Waals surface area contributed by atoms with Crippen molar-refractivity contribution in [3.8, 4) is 0 Å². The van der Waals surface area contributed by atoms with Gasteiger partial charge in [0.1, 0.15) is 0 Å². The number of carboxylic acid groups (broad SMARTS) is 1. The fourth-order valence-electron chi connectivity index (χ4n) is 2.31. The molecule has 0 spiro atoms. The lowest BCUT2D eigenvalue weighted by molar-refractivity contribution is -0.155. The first-order chi connectivity index (χ1) is 7.35. The number of aliphatic hydroxyl groups excluding tert-OH is 1. The highest BCUT2D eigenvalue weighted by Gasteiger charge is 2.41. The number of hydrogen-bond acceptors (Lipinski definition) is 3. The Kier molecular flexibility index (Phi) is 4.73. The second kappa shape index (κ2) is 5.44. The first kappa shape index (κ1) is 13.9. The van der Waals surface area contributed by atoms with Crippen LogP contribution in [0.5, 0.6) is 0 Å². The highest BCUT2D eigenvalue weighted by atomic mass is 127. The molecule has 2 N–H and O–H groups in total. The van der Waals surface area contributed by atoms with E-state index in [0.717, 1.165) is 12.8 Å². The van der Waals surface area contributed by atoms with Gasteiger partial charge in [-0.1, -0.05) is 29.5 Å². The number of carbonyl (C=O) groups excluding carboxylic acids is 1. The molecule has 0 aromatic heterocycles. The van der Waals surface area contributed by atoms with E-state index >= 15 is 0 Å². The minimum Gasteiger partial charge on any atom is -0.475 e. The van der Waals surface area contributed by atoms with Crippen LogP contribution in [-0.2, 0) is 9.59 Å². The second-order valence-electron chi connectivity index (χ2n) is 4.79. The number of aliphatic carboxylic acids is 1. The minimum absolute atomic E-state index is 0.262. The Hall–Kier alpha value is -0.170. The highest BCUT2D eigenvalue weighted by Crippen LogP contribution is 2.37. The molecular formula is C11H17IO4. The number of rotatable bonds is 2. The Morgan fingerprint density at radius 2 is 1.94 bits per heavy atom. The van der Waals surface area contributed by atoms with E-state index in [0.29, 0.717) is 16.8 Å². The van der Waals surface area contributed by atoms with Gasteiger partial charge in [-0.05, 0) is 32.1 Å². The number of halogens is 1. The Balaban J connectivity index is 2.86. The van der Waals surface area contributed by atoms with Crippen LogP contribution in [0.4, 0.5) is 0 Å². The zero-order valence-corrected chi connectivity index (χ0v) is 11.4. The van der Waals surface area contributed by atoms with Gasteiger partial charge >= 0.3 is 5.97 Å². The summed E-state index contributed by atoms with van der Waals surface area (Å²) in [7, 11) is 0. The zero-order chi connectivity index (χ0) is 12.3. The van der Waals surface area contributed by atoms with Crippen LogP contribution < -0.4 is 0 Å². The van der Waals surface area contributed by atoms with E-state index in [9.17, 15) is 14.7 Å². The van der Waals surface area contributed by atoms with Gasteiger partial charge in [-0.3, -0.25) is 4.79 Å². The van der Waals surface area contributed by atoms with Crippen molar-refractivity contribution in [1.82, 2.24) is 0 Å². The van der Waals surface area contributed by atoms with Gasteiger partial charge in [0.25, 0.3) is 0 Å². The molecule has 1 saturated carbocycles. The summed E-state index contributed by atoms with van der Waals surface area (Å²) in [5, 5.41) is 18.5. The first-order valence-corrected chi connectivity index (χ1v) is 6.69. The fraction of sp³-hybridized carbons (Fsp3) is 0.818. The van der Waals surface area contributed by atoms with Gasteiger partial charge in [-0.15, -0.1) is 0 Å². The normalized spacial score (nSPS) is 36.2. The fourth-order valence-corrected chi connectivity index (χ4v) is 3.73. The summed E-state index contributed by atoms with van der Waals surface area (Å²) >= 11 is 2.26. The minimum atomic E-state index is -1.39. The van der Waals surface area contributed by atoms with Crippen LogP contribution in [0.3, 0.4) is 0 Å². The molecule has 1 aliphatic rings. The SMILES string of the molecule is CC1(C(=O)C(=O)O)CC(O)CCCC(I)C1. The van der Waals surface area contributed by atoms with Gasteiger partial charge in [0.2, 0.25) is 5.78 Å². The summed E-state index contributed by atoms with van der Waals surface area (Å²) in [5.41, 5.74) is -0.919. The van der Waals surface area contributed by atoms with Crippen molar-refractivity contribution in [2.45, 2.75) is 49.1 Å². The molecule has 1 rings (SSSR count). The van der Waals surface area contributed by atoms with Crippen LogP contribution in [0.2, 0.25) is 0 Å². The van der Waals surface area contributed by atoms with Crippen molar-refractivity contribution in [2.75, 3.05) is 0 Å². The Morgan fingerprint density at radius 3 is 2.50 bits per heavy atom. The lowest BCUT2D eigenvalue weighted by Crippen LogP contribution is -2.39. The molecule has 92 valence electrons. The maximum Gasteiger partial charge on any atom is 0.372 e. The number of alkyl halides is 1. The third-order valence-corrected chi connectivity index (χ3v) is 4.22. The standard InChI is InChI=1S/C11H17IO4/c1-11(9(14)10(15)16)5-7(12)3-2-4-8(13)6-11/h7-8,13H,2-6H2,1H3,(H,15,16). The van der Waals surface area contributed by atoms with E-state index in [1.54, 1.807) is 6.92 Å². The number of hydrogen-bond donors (Lipinski definition) is 2. The summed E-state index contributed by atoms with van der Waals surface area (Å²) in [5.74, 6) is -2.16. The van der Waals surface area contributed by atoms with E-state index in [1.807, 2.05) is 0 Å². The molecule has 0 radical (unpaired) electrons. The van der Waals surface area contributed by atoms with Gasteiger partial charge in [0, 0.05) is 9.34 Å². The summed E-state index contributed by atoms with van der Waals surface area (Å²) in [6, 6.07) is 0. The molecule has 3 unspecified atom stereocenters. The molecule has 0 saturated heterocycles.